The molecule has 0 atom stereocenters. The topological polar surface area (TPSA) is 65.5 Å². The summed E-state index contributed by atoms with van der Waals surface area (Å²) in [5, 5.41) is 10.0. The predicted octanol–water partition coefficient (Wildman–Crippen LogP) is 2.68. The Bertz CT molecular complexity index is 880. The number of para-hydroxylation sites is 1. The second-order valence-corrected chi connectivity index (χ2v) is 5.40. The molecule has 0 amide bonds. The molecule has 0 aliphatic heterocycles. The van der Waals surface area contributed by atoms with Crippen LogP contribution < -0.4 is 5.56 Å². The number of pyridine rings is 1. The second kappa shape index (κ2) is 7.03. The summed E-state index contributed by atoms with van der Waals surface area (Å²) in [6.45, 7) is 0.675. The number of fused-ring (bicyclic) bond motifs is 1. The molecular weight excluding hydrogens is 288 g/mol. The van der Waals surface area contributed by atoms with Gasteiger partial charge in [0.2, 0.25) is 0 Å². The maximum Gasteiger partial charge on any atom is 0.257 e. The van der Waals surface area contributed by atoms with E-state index >= 15 is 0 Å². The van der Waals surface area contributed by atoms with Gasteiger partial charge in [-0.2, -0.15) is 0 Å². The van der Waals surface area contributed by atoms with E-state index in [4.69, 9.17) is 5.11 Å². The fraction of sp³-hybridized carbons (Fsp3) is 0.158. The smallest absolute Gasteiger partial charge is 0.257 e. The normalized spacial score (nSPS) is 11.3. The minimum atomic E-state index is -0.125. The number of aromatic nitrogens is 1. The first-order valence-corrected chi connectivity index (χ1v) is 7.57. The van der Waals surface area contributed by atoms with Gasteiger partial charge < -0.3 is 10.1 Å². The third-order valence-corrected chi connectivity index (χ3v) is 3.75. The molecule has 0 spiro atoms. The molecular formula is C19H18N2O2. The molecule has 2 aromatic carbocycles. The van der Waals surface area contributed by atoms with Crippen LogP contribution in [0.4, 0.5) is 0 Å². The van der Waals surface area contributed by atoms with E-state index in [9.17, 15) is 4.79 Å². The Labute approximate surface area is 134 Å². The molecule has 1 aromatic heterocycles. The van der Waals surface area contributed by atoms with Crippen LogP contribution >= 0.6 is 0 Å². The summed E-state index contributed by atoms with van der Waals surface area (Å²) in [6, 6.07) is 17.3. The van der Waals surface area contributed by atoms with E-state index in [1.165, 1.54) is 0 Å². The highest BCUT2D eigenvalue weighted by molar-refractivity contribution is 5.87. The fourth-order valence-electron chi connectivity index (χ4n) is 2.43. The largest absolute Gasteiger partial charge is 0.392 e. The quantitative estimate of drug-likeness (QED) is 0.712. The number of aliphatic imine (C=N–C) groups is 1. The Morgan fingerprint density at radius 3 is 2.57 bits per heavy atom. The average molecular weight is 306 g/mol. The lowest BCUT2D eigenvalue weighted by atomic mass is 10.1. The van der Waals surface area contributed by atoms with Gasteiger partial charge in [0.05, 0.1) is 12.2 Å². The van der Waals surface area contributed by atoms with Crippen molar-refractivity contribution >= 4 is 17.1 Å². The van der Waals surface area contributed by atoms with Crippen LogP contribution in [0.2, 0.25) is 0 Å². The molecule has 0 bridgehead atoms. The first-order valence-electron chi connectivity index (χ1n) is 7.57. The maximum atomic E-state index is 12.0. The Morgan fingerprint density at radius 1 is 1.04 bits per heavy atom. The molecule has 0 unspecified atom stereocenters. The first-order chi connectivity index (χ1) is 11.3. The minimum Gasteiger partial charge on any atom is -0.392 e. The van der Waals surface area contributed by atoms with Gasteiger partial charge in [-0.15, -0.1) is 0 Å². The molecule has 4 heteroatoms. The van der Waals surface area contributed by atoms with E-state index in [2.05, 4.69) is 9.98 Å². The van der Waals surface area contributed by atoms with Gasteiger partial charge >= 0.3 is 0 Å². The zero-order chi connectivity index (χ0) is 16.1. The van der Waals surface area contributed by atoms with Crippen LogP contribution in [-0.2, 0) is 13.0 Å². The number of hydrogen-bond acceptors (Lipinski definition) is 3. The van der Waals surface area contributed by atoms with Crippen molar-refractivity contribution in [1.82, 2.24) is 4.98 Å². The van der Waals surface area contributed by atoms with Gasteiger partial charge in [0.1, 0.15) is 0 Å². The monoisotopic (exact) mass is 306 g/mol. The SMILES string of the molecule is O=c1[nH]c2ccccc2cc1C=NCCc1ccc(CO)cc1. The summed E-state index contributed by atoms with van der Waals surface area (Å²) in [5.41, 5.74) is 3.34. The number of aliphatic hydroxyl groups excluding tert-OH is 1. The summed E-state index contributed by atoms with van der Waals surface area (Å²) in [6.07, 6.45) is 2.43. The minimum absolute atomic E-state index is 0.0587. The van der Waals surface area contributed by atoms with Gasteiger partial charge in [-0.1, -0.05) is 42.5 Å². The third-order valence-electron chi connectivity index (χ3n) is 3.75. The predicted molar refractivity (Wildman–Crippen MR) is 93.1 cm³/mol. The molecule has 0 aliphatic rings. The Balaban J connectivity index is 1.67. The van der Waals surface area contributed by atoms with E-state index in [0.717, 1.165) is 28.5 Å². The van der Waals surface area contributed by atoms with Crippen LogP contribution in [0.15, 0.2) is 64.4 Å². The molecule has 0 radical (unpaired) electrons. The van der Waals surface area contributed by atoms with E-state index in [0.29, 0.717) is 12.1 Å². The van der Waals surface area contributed by atoms with Crippen molar-refractivity contribution in [1.29, 1.82) is 0 Å². The average Bonchev–Trinajstić information content (AvgIpc) is 2.59. The molecule has 116 valence electrons. The van der Waals surface area contributed by atoms with E-state index < -0.39 is 0 Å². The molecule has 4 nitrogen and oxygen atoms in total. The molecule has 1 heterocycles. The number of nitrogens with zero attached hydrogens (tertiary/aromatic N) is 1. The van der Waals surface area contributed by atoms with Crippen LogP contribution in [-0.4, -0.2) is 22.8 Å². The zero-order valence-corrected chi connectivity index (χ0v) is 12.7. The Kier molecular flexibility index (Phi) is 4.64. The molecule has 0 saturated heterocycles. The summed E-state index contributed by atoms with van der Waals surface area (Å²) in [4.78, 5) is 19.2. The number of H-pyrrole nitrogens is 1. The Morgan fingerprint density at radius 2 is 1.78 bits per heavy atom. The van der Waals surface area contributed by atoms with Gasteiger partial charge in [0, 0.05) is 18.3 Å². The zero-order valence-electron chi connectivity index (χ0n) is 12.7. The van der Waals surface area contributed by atoms with Crippen molar-refractivity contribution in [3.05, 3.63) is 81.6 Å². The van der Waals surface area contributed by atoms with Crippen molar-refractivity contribution in [3.63, 3.8) is 0 Å². The van der Waals surface area contributed by atoms with Crippen LogP contribution in [0, 0.1) is 0 Å². The van der Waals surface area contributed by atoms with Crippen molar-refractivity contribution in [2.24, 2.45) is 4.99 Å². The van der Waals surface area contributed by atoms with Crippen molar-refractivity contribution in [3.8, 4) is 0 Å². The lowest BCUT2D eigenvalue weighted by molar-refractivity contribution is 0.282. The van der Waals surface area contributed by atoms with Crippen LogP contribution in [0.1, 0.15) is 16.7 Å². The van der Waals surface area contributed by atoms with Crippen molar-refractivity contribution in [2.75, 3.05) is 6.54 Å². The van der Waals surface area contributed by atoms with E-state index in [1.54, 1.807) is 6.21 Å². The molecule has 0 fully saturated rings. The van der Waals surface area contributed by atoms with E-state index in [-0.39, 0.29) is 12.2 Å². The van der Waals surface area contributed by atoms with Crippen LogP contribution in [0.5, 0.6) is 0 Å². The Hall–Kier alpha value is -2.72. The number of hydrogen-bond donors (Lipinski definition) is 2. The second-order valence-electron chi connectivity index (χ2n) is 5.40. The number of rotatable bonds is 5. The highest BCUT2D eigenvalue weighted by atomic mass is 16.3. The molecule has 0 aliphatic carbocycles. The molecule has 2 N–H and O–H groups in total. The molecule has 3 aromatic rings. The summed E-state index contributed by atoms with van der Waals surface area (Å²) >= 11 is 0. The first kappa shape index (κ1) is 15.2. The lowest BCUT2D eigenvalue weighted by Crippen LogP contribution is -2.11. The van der Waals surface area contributed by atoms with Crippen molar-refractivity contribution < 1.29 is 5.11 Å². The number of nitrogens with one attached hydrogen (secondary N) is 1. The fourth-order valence-corrected chi connectivity index (χ4v) is 2.43. The maximum absolute atomic E-state index is 12.0. The molecule has 23 heavy (non-hydrogen) atoms. The molecule has 3 rings (SSSR count). The van der Waals surface area contributed by atoms with Gasteiger partial charge in [-0.25, -0.2) is 0 Å². The standard InChI is InChI=1S/C19H18N2O2/c22-13-15-7-5-14(6-8-15)9-10-20-12-17-11-16-3-1-2-4-18(16)21-19(17)23/h1-8,11-12,22H,9-10,13H2,(H,21,23). The van der Waals surface area contributed by atoms with Gasteiger partial charge in [-0.05, 0) is 35.1 Å². The van der Waals surface area contributed by atoms with Crippen LogP contribution in [0.3, 0.4) is 0 Å². The summed E-state index contributed by atoms with van der Waals surface area (Å²) < 4.78 is 0. The third kappa shape index (κ3) is 3.73. The van der Waals surface area contributed by atoms with Crippen molar-refractivity contribution in [2.45, 2.75) is 13.0 Å². The van der Waals surface area contributed by atoms with E-state index in [1.807, 2.05) is 54.6 Å². The highest BCUT2D eigenvalue weighted by Crippen LogP contribution is 2.09. The van der Waals surface area contributed by atoms with Crippen LogP contribution in [0.25, 0.3) is 10.9 Å². The van der Waals surface area contributed by atoms with Gasteiger partial charge in [0.15, 0.2) is 0 Å². The lowest BCUT2D eigenvalue weighted by Gasteiger charge is -2.01. The number of aliphatic hydroxyl groups is 1. The highest BCUT2D eigenvalue weighted by Gasteiger charge is 1.99. The number of benzene rings is 2. The molecule has 0 saturated carbocycles. The summed E-state index contributed by atoms with van der Waals surface area (Å²) in [5.74, 6) is 0. The summed E-state index contributed by atoms with van der Waals surface area (Å²) in [7, 11) is 0. The van der Waals surface area contributed by atoms with Gasteiger partial charge in [0.25, 0.3) is 5.56 Å². The van der Waals surface area contributed by atoms with Gasteiger partial charge in [-0.3, -0.25) is 9.79 Å². The number of aromatic amines is 1.